The number of hydrogen-bond donors (Lipinski definition) is 0. The fourth-order valence-corrected chi connectivity index (χ4v) is 4.47. The topological polar surface area (TPSA) is 96.9 Å². The number of esters is 1. The van der Waals surface area contributed by atoms with Crippen molar-refractivity contribution in [3.05, 3.63) is 59.4 Å². The highest BCUT2D eigenvalue weighted by atomic mass is 16.5. The molecule has 2 aromatic rings. The highest BCUT2D eigenvalue weighted by Gasteiger charge is 2.32. The maximum absolute atomic E-state index is 12.9. The third kappa shape index (κ3) is 4.79. The first-order chi connectivity index (χ1) is 15.8. The number of rotatable bonds is 5. The Kier molecular flexibility index (Phi) is 6.53. The summed E-state index contributed by atoms with van der Waals surface area (Å²) >= 11 is 0. The zero-order chi connectivity index (χ0) is 23.5. The lowest BCUT2D eigenvalue weighted by Gasteiger charge is -2.32. The molecule has 0 unspecified atom stereocenters. The van der Waals surface area contributed by atoms with E-state index in [1.54, 1.807) is 59.4 Å². The number of hydrogen-bond acceptors (Lipinski definition) is 6. The van der Waals surface area contributed by atoms with Gasteiger partial charge < -0.3 is 14.5 Å². The fourth-order valence-electron chi connectivity index (χ4n) is 4.47. The largest absolute Gasteiger partial charge is 0.454 e. The molecule has 4 rings (SSSR count). The molecule has 1 aromatic heterocycles. The van der Waals surface area contributed by atoms with Crippen molar-refractivity contribution in [1.82, 2.24) is 9.88 Å². The number of anilines is 1. The molecule has 0 bridgehead atoms. The van der Waals surface area contributed by atoms with Crippen LogP contribution in [0, 0.1) is 5.92 Å². The van der Waals surface area contributed by atoms with Gasteiger partial charge in [0.2, 0.25) is 11.7 Å². The number of fused-ring (bicyclic) bond motifs is 1. The van der Waals surface area contributed by atoms with Gasteiger partial charge in [0.15, 0.2) is 6.10 Å². The Morgan fingerprint density at radius 1 is 1.06 bits per heavy atom. The third-order valence-electron chi connectivity index (χ3n) is 6.27. The van der Waals surface area contributed by atoms with Crippen LogP contribution >= 0.6 is 0 Å². The average molecular weight is 450 g/mol. The minimum Gasteiger partial charge on any atom is -0.454 e. The highest BCUT2D eigenvalue weighted by Crippen LogP contribution is 2.29. The molecule has 172 valence electrons. The van der Waals surface area contributed by atoms with Gasteiger partial charge in [0.25, 0.3) is 5.91 Å². The number of ketones is 1. The molecule has 0 radical (unpaired) electrons. The summed E-state index contributed by atoms with van der Waals surface area (Å²) in [5.74, 6) is -1.39. The Bertz CT molecular complexity index is 1080. The van der Waals surface area contributed by atoms with Crippen molar-refractivity contribution in [3.8, 4) is 0 Å². The first kappa shape index (κ1) is 22.6. The number of nitrogens with zero attached hydrogens (tertiary/aromatic N) is 3. The van der Waals surface area contributed by atoms with Crippen molar-refractivity contribution in [2.75, 3.05) is 24.5 Å². The molecule has 1 fully saturated rings. The van der Waals surface area contributed by atoms with Crippen LogP contribution in [0.2, 0.25) is 0 Å². The predicted octanol–water partition coefficient (Wildman–Crippen LogP) is 2.66. The summed E-state index contributed by atoms with van der Waals surface area (Å²) in [4.78, 5) is 57.4. The van der Waals surface area contributed by atoms with Gasteiger partial charge >= 0.3 is 5.97 Å². The van der Waals surface area contributed by atoms with Gasteiger partial charge in [-0.25, -0.2) is 0 Å². The SMILES string of the molecule is CC(=O)N1CCc2cc(C(=O)[C@H](C)OC(=O)[C@H]3CCCN(C(=O)c4ccncc4)C3)ccc21. The second kappa shape index (κ2) is 9.52. The first-order valence-electron chi connectivity index (χ1n) is 11.2. The zero-order valence-electron chi connectivity index (χ0n) is 18.8. The van der Waals surface area contributed by atoms with Gasteiger partial charge in [0.1, 0.15) is 0 Å². The number of Topliss-reactive ketones (excluding diaryl/α,β-unsaturated/α-hetero) is 1. The number of amides is 2. The van der Waals surface area contributed by atoms with Crippen LogP contribution in [-0.4, -0.2) is 59.2 Å². The zero-order valence-corrected chi connectivity index (χ0v) is 18.8. The van der Waals surface area contributed by atoms with Gasteiger partial charge in [-0.3, -0.25) is 24.2 Å². The molecular weight excluding hydrogens is 422 g/mol. The second-order valence-electron chi connectivity index (χ2n) is 8.53. The Hall–Kier alpha value is -3.55. The molecule has 1 saturated heterocycles. The molecule has 2 amide bonds. The maximum atomic E-state index is 12.9. The summed E-state index contributed by atoms with van der Waals surface area (Å²) in [5.41, 5.74) is 2.75. The van der Waals surface area contributed by atoms with Crippen molar-refractivity contribution in [3.63, 3.8) is 0 Å². The molecule has 2 aliphatic heterocycles. The maximum Gasteiger partial charge on any atom is 0.311 e. The van der Waals surface area contributed by atoms with Crippen molar-refractivity contribution < 1.29 is 23.9 Å². The smallest absolute Gasteiger partial charge is 0.311 e. The standard InChI is InChI=1S/C25H27N3O5/c1-16(23(30)20-5-6-22-19(14-20)9-13-28(22)17(2)29)33-25(32)21-4-3-12-27(15-21)24(31)18-7-10-26-11-8-18/h5-8,10-11,14,16,21H,3-4,9,12-13,15H2,1-2H3/t16-,21-/m0/s1. The Labute approximate surface area is 192 Å². The van der Waals surface area contributed by atoms with Gasteiger partial charge in [0, 0.05) is 55.8 Å². The molecule has 0 aliphatic carbocycles. The summed E-state index contributed by atoms with van der Waals surface area (Å²) < 4.78 is 5.52. The van der Waals surface area contributed by atoms with E-state index in [0.717, 1.165) is 11.3 Å². The summed E-state index contributed by atoms with van der Waals surface area (Å²) in [7, 11) is 0. The summed E-state index contributed by atoms with van der Waals surface area (Å²) in [6.45, 7) is 4.53. The molecule has 0 saturated carbocycles. The van der Waals surface area contributed by atoms with Crippen molar-refractivity contribution in [2.24, 2.45) is 5.92 Å². The fraction of sp³-hybridized carbons (Fsp3) is 0.400. The van der Waals surface area contributed by atoms with Gasteiger partial charge in [-0.15, -0.1) is 0 Å². The van der Waals surface area contributed by atoms with E-state index in [0.29, 0.717) is 43.5 Å². The molecule has 0 spiro atoms. The molecule has 8 heteroatoms. The van der Waals surface area contributed by atoms with Crippen molar-refractivity contribution >= 4 is 29.3 Å². The van der Waals surface area contributed by atoms with Crippen molar-refractivity contribution in [2.45, 2.75) is 39.2 Å². The van der Waals surface area contributed by atoms with Crippen LogP contribution in [0.4, 0.5) is 5.69 Å². The summed E-state index contributed by atoms with van der Waals surface area (Å²) in [6.07, 6.45) is 4.18. The Balaban J connectivity index is 1.37. The van der Waals surface area contributed by atoms with Crippen LogP contribution in [0.5, 0.6) is 0 Å². The van der Waals surface area contributed by atoms with E-state index in [4.69, 9.17) is 4.74 Å². The van der Waals surface area contributed by atoms with Crippen molar-refractivity contribution in [1.29, 1.82) is 0 Å². The molecule has 2 atom stereocenters. The predicted molar refractivity (Wildman–Crippen MR) is 121 cm³/mol. The lowest BCUT2D eigenvalue weighted by atomic mass is 9.97. The van der Waals surface area contributed by atoms with Crippen LogP contribution in [0.3, 0.4) is 0 Å². The second-order valence-corrected chi connectivity index (χ2v) is 8.53. The molecule has 33 heavy (non-hydrogen) atoms. The third-order valence-corrected chi connectivity index (χ3v) is 6.27. The number of carbonyl (C=O) groups is 4. The van der Waals surface area contributed by atoms with E-state index in [9.17, 15) is 19.2 Å². The van der Waals surface area contributed by atoms with E-state index in [2.05, 4.69) is 4.98 Å². The van der Waals surface area contributed by atoms with Gasteiger partial charge in [0.05, 0.1) is 5.92 Å². The summed E-state index contributed by atoms with van der Waals surface area (Å²) in [6, 6.07) is 8.52. The minimum absolute atomic E-state index is 0.0286. The number of carbonyl (C=O) groups excluding carboxylic acids is 4. The lowest BCUT2D eigenvalue weighted by Crippen LogP contribution is -2.43. The number of aromatic nitrogens is 1. The molecule has 1 aromatic carbocycles. The van der Waals surface area contributed by atoms with Gasteiger partial charge in [-0.1, -0.05) is 0 Å². The minimum atomic E-state index is -0.938. The van der Waals surface area contributed by atoms with Gasteiger partial charge in [-0.05, 0) is 62.1 Å². The van der Waals surface area contributed by atoms with Crippen LogP contribution in [0.25, 0.3) is 0 Å². The van der Waals surface area contributed by atoms with E-state index in [1.807, 2.05) is 0 Å². The number of benzene rings is 1. The monoisotopic (exact) mass is 449 g/mol. The van der Waals surface area contributed by atoms with E-state index in [1.165, 1.54) is 6.92 Å². The summed E-state index contributed by atoms with van der Waals surface area (Å²) in [5, 5.41) is 0. The Morgan fingerprint density at radius 2 is 1.82 bits per heavy atom. The van der Waals surface area contributed by atoms with E-state index < -0.39 is 18.0 Å². The van der Waals surface area contributed by atoms with E-state index in [-0.39, 0.29) is 24.1 Å². The molecule has 3 heterocycles. The molecule has 2 aliphatic rings. The molecule has 8 nitrogen and oxygen atoms in total. The number of pyridine rings is 1. The quantitative estimate of drug-likeness (QED) is 0.514. The first-order valence-corrected chi connectivity index (χ1v) is 11.2. The van der Waals surface area contributed by atoms with Crippen LogP contribution < -0.4 is 4.90 Å². The normalized spacial score (nSPS) is 18.4. The lowest BCUT2D eigenvalue weighted by molar-refractivity contribution is -0.152. The number of likely N-dealkylation sites (tertiary alicyclic amines) is 1. The number of ether oxygens (including phenoxy) is 1. The molecule has 0 N–H and O–H groups in total. The Morgan fingerprint density at radius 3 is 2.55 bits per heavy atom. The van der Waals surface area contributed by atoms with Gasteiger partial charge in [-0.2, -0.15) is 0 Å². The van der Waals surface area contributed by atoms with Crippen LogP contribution in [0.15, 0.2) is 42.7 Å². The van der Waals surface area contributed by atoms with Crippen LogP contribution in [0.1, 0.15) is 53.0 Å². The van der Waals surface area contributed by atoms with E-state index >= 15 is 0 Å². The van der Waals surface area contributed by atoms with Crippen LogP contribution in [-0.2, 0) is 20.7 Å². The average Bonchev–Trinajstić information content (AvgIpc) is 3.27. The number of piperidine rings is 1. The molecular formula is C25H27N3O5. The highest BCUT2D eigenvalue weighted by molar-refractivity contribution is 6.02.